The molecule has 1 saturated carbocycles. The zero-order valence-electron chi connectivity index (χ0n) is 16.9. The Morgan fingerprint density at radius 2 is 1.70 bits per heavy atom. The van der Waals surface area contributed by atoms with Crippen LogP contribution >= 0.6 is 23.2 Å². The number of halogens is 5. The molecule has 0 spiro atoms. The van der Waals surface area contributed by atoms with Crippen molar-refractivity contribution in [3.63, 3.8) is 0 Å². The summed E-state index contributed by atoms with van der Waals surface area (Å²) in [6, 6.07) is 15.6. The van der Waals surface area contributed by atoms with E-state index in [0.29, 0.717) is 0 Å². The molecule has 0 radical (unpaired) electrons. The van der Waals surface area contributed by atoms with Crippen molar-refractivity contribution in [1.82, 2.24) is 0 Å². The quantitative estimate of drug-likeness (QED) is 0.340. The van der Waals surface area contributed by atoms with E-state index in [1.807, 2.05) is 55.5 Å². The van der Waals surface area contributed by atoms with E-state index in [1.54, 1.807) is 13.8 Å². The Morgan fingerprint density at radius 1 is 1.07 bits per heavy atom. The van der Waals surface area contributed by atoms with Crippen LogP contribution in [0.25, 0.3) is 11.1 Å². The largest absolute Gasteiger partial charge is 0.461 e. The van der Waals surface area contributed by atoms with Crippen LogP contribution in [0.15, 0.2) is 48.5 Å². The van der Waals surface area contributed by atoms with Gasteiger partial charge in [0, 0.05) is 0 Å². The lowest BCUT2D eigenvalue weighted by molar-refractivity contribution is -0.149. The summed E-state index contributed by atoms with van der Waals surface area (Å²) >= 11 is 11.0. The minimum atomic E-state index is -4.77. The lowest BCUT2D eigenvalue weighted by Crippen LogP contribution is -2.35. The summed E-state index contributed by atoms with van der Waals surface area (Å²) < 4.78 is 41.6. The summed E-state index contributed by atoms with van der Waals surface area (Å²) in [4.78, 5) is 12.6. The van der Waals surface area contributed by atoms with Crippen LogP contribution in [0.4, 0.5) is 13.2 Å². The molecule has 162 valence electrons. The van der Waals surface area contributed by atoms with Crippen molar-refractivity contribution in [2.24, 2.45) is 17.3 Å². The first-order chi connectivity index (χ1) is 13.9. The fourth-order valence-corrected chi connectivity index (χ4v) is 4.33. The van der Waals surface area contributed by atoms with Gasteiger partial charge in [0.15, 0.2) is 0 Å². The Bertz CT molecular complexity index is 924. The monoisotopic (exact) mass is 458 g/mol. The number of carbonyl (C=O) groups excluding carboxylic acids is 1. The molecule has 0 amide bonds. The average molecular weight is 459 g/mol. The highest BCUT2D eigenvalue weighted by molar-refractivity contribution is 6.49. The molecule has 2 atom stereocenters. The van der Waals surface area contributed by atoms with Crippen LogP contribution in [0.1, 0.15) is 31.4 Å². The van der Waals surface area contributed by atoms with E-state index >= 15 is 0 Å². The Hall–Kier alpha value is -1.72. The second-order valence-electron chi connectivity index (χ2n) is 8.38. The number of rotatable bonds is 6. The fourth-order valence-electron chi connectivity index (χ4n) is 3.99. The van der Waals surface area contributed by atoms with Crippen molar-refractivity contribution < 1.29 is 22.7 Å². The van der Waals surface area contributed by atoms with Gasteiger partial charge in [-0.15, -0.1) is 0 Å². The normalized spacial score (nSPS) is 20.7. The highest BCUT2D eigenvalue weighted by Crippen LogP contribution is 2.64. The van der Waals surface area contributed by atoms with Gasteiger partial charge in [-0.2, -0.15) is 13.2 Å². The smallest absolute Gasteiger partial charge is 0.421 e. The standard InChI is InChI=1S/C23H23Cl2F3O2/c1-14-16(10-7-11-17(14)15-8-5-4-6-9-15)13-30-20(29)19-18(21(19,2)3)12-22(24,25)23(26,27)28/h4-11,18-19H,12-13H2,1-3H3/t18-,19-/m1/s1. The predicted molar refractivity (Wildman–Crippen MR) is 112 cm³/mol. The molecule has 0 aliphatic heterocycles. The number of hydrogen-bond donors (Lipinski definition) is 0. The van der Waals surface area contributed by atoms with Gasteiger partial charge < -0.3 is 4.74 Å². The fraction of sp³-hybridized carbons (Fsp3) is 0.435. The van der Waals surface area contributed by atoms with Gasteiger partial charge in [0.25, 0.3) is 0 Å². The van der Waals surface area contributed by atoms with E-state index in [9.17, 15) is 18.0 Å². The van der Waals surface area contributed by atoms with Crippen molar-refractivity contribution in [3.05, 3.63) is 59.7 Å². The molecule has 0 N–H and O–H groups in total. The average Bonchev–Trinajstić information content (AvgIpc) is 3.19. The van der Waals surface area contributed by atoms with E-state index in [1.165, 1.54) is 0 Å². The second-order valence-corrected chi connectivity index (χ2v) is 9.86. The van der Waals surface area contributed by atoms with Crippen molar-refractivity contribution in [1.29, 1.82) is 0 Å². The van der Waals surface area contributed by atoms with Crippen molar-refractivity contribution >= 4 is 29.2 Å². The van der Waals surface area contributed by atoms with Gasteiger partial charge in [0.1, 0.15) is 6.61 Å². The molecule has 1 aliphatic carbocycles. The maximum Gasteiger partial charge on any atom is 0.421 e. The molecular weight excluding hydrogens is 436 g/mol. The van der Waals surface area contributed by atoms with E-state index in [-0.39, 0.29) is 6.61 Å². The van der Waals surface area contributed by atoms with Gasteiger partial charge in [-0.3, -0.25) is 4.79 Å². The predicted octanol–water partition coefficient (Wildman–Crippen LogP) is 7.10. The molecule has 1 aliphatic rings. The Labute approximate surface area is 184 Å². The maximum absolute atomic E-state index is 13.0. The van der Waals surface area contributed by atoms with E-state index in [2.05, 4.69) is 0 Å². The lowest BCUT2D eigenvalue weighted by Gasteiger charge is -2.23. The van der Waals surface area contributed by atoms with Gasteiger partial charge in [0.2, 0.25) is 4.33 Å². The van der Waals surface area contributed by atoms with Crippen LogP contribution in [0.3, 0.4) is 0 Å². The minimum absolute atomic E-state index is 0.0524. The minimum Gasteiger partial charge on any atom is -0.461 e. The Balaban J connectivity index is 1.68. The highest BCUT2D eigenvalue weighted by Gasteiger charge is 2.67. The first-order valence-corrected chi connectivity index (χ1v) is 10.4. The molecule has 0 heterocycles. The van der Waals surface area contributed by atoms with Gasteiger partial charge in [-0.05, 0) is 46.9 Å². The summed E-state index contributed by atoms with van der Waals surface area (Å²) in [5.41, 5.74) is 3.27. The third kappa shape index (κ3) is 4.47. The van der Waals surface area contributed by atoms with Crippen LogP contribution < -0.4 is 0 Å². The molecule has 0 saturated heterocycles. The number of ether oxygens (including phenoxy) is 1. The summed E-state index contributed by atoms with van der Waals surface area (Å²) in [6.07, 6.45) is -5.31. The molecule has 2 aromatic rings. The maximum atomic E-state index is 13.0. The molecule has 3 rings (SSSR count). The number of benzene rings is 2. The van der Waals surface area contributed by atoms with E-state index in [4.69, 9.17) is 27.9 Å². The van der Waals surface area contributed by atoms with Gasteiger partial charge in [-0.25, -0.2) is 0 Å². The van der Waals surface area contributed by atoms with Crippen LogP contribution in [0, 0.1) is 24.2 Å². The van der Waals surface area contributed by atoms with Crippen molar-refractivity contribution in [3.8, 4) is 11.1 Å². The van der Waals surface area contributed by atoms with Crippen LogP contribution in [0.2, 0.25) is 0 Å². The third-order valence-electron chi connectivity index (χ3n) is 6.10. The van der Waals surface area contributed by atoms with Crippen LogP contribution in [0.5, 0.6) is 0 Å². The van der Waals surface area contributed by atoms with E-state index in [0.717, 1.165) is 22.3 Å². The molecule has 0 unspecified atom stereocenters. The molecule has 1 fully saturated rings. The summed E-state index contributed by atoms with van der Waals surface area (Å²) in [5.74, 6) is -1.80. The molecular formula is C23H23Cl2F3O2. The lowest BCUT2D eigenvalue weighted by atomic mass is 9.97. The zero-order valence-corrected chi connectivity index (χ0v) is 18.4. The van der Waals surface area contributed by atoms with Crippen molar-refractivity contribution in [2.75, 3.05) is 0 Å². The first kappa shape index (κ1) is 23.0. The zero-order chi connectivity index (χ0) is 22.3. The van der Waals surface area contributed by atoms with Crippen LogP contribution in [-0.4, -0.2) is 16.5 Å². The van der Waals surface area contributed by atoms with Crippen molar-refractivity contribution in [2.45, 2.75) is 44.3 Å². The molecule has 0 aromatic heterocycles. The van der Waals surface area contributed by atoms with Gasteiger partial charge in [0.05, 0.1) is 5.92 Å². The number of alkyl halides is 5. The number of hydrogen-bond acceptors (Lipinski definition) is 2. The second kappa shape index (κ2) is 8.08. The Morgan fingerprint density at radius 3 is 2.30 bits per heavy atom. The number of carbonyl (C=O) groups is 1. The summed E-state index contributed by atoms with van der Waals surface area (Å²) in [7, 11) is 0. The number of esters is 1. The summed E-state index contributed by atoms with van der Waals surface area (Å²) in [6.45, 7) is 5.46. The van der Waals surface area contributed by atoms with Gasteiger partial charge >= 0.3 is 12.1 Å². The van der Waals surface area contributed by atoms with E-state index < -0.39 is 40.2 Å². The molecule has 30 heavy (non-hydrogen) atoms. The SMILES string of the molecule is Cc1c(COC(=O)[C@H]2[C@@H](CC(Cl)(Cl)C(F)(F)F)C2(C)C)cccc1-c1ccccc1. The molecule has 0 bridgehead atoms. The first-order valence-electron chi connectivity index (χ1n) is 9.61. The molecule has 2 aromatic carbocycles. The van der Waals surface area contributed by atoms with Gasteiger partial charge in [-0.1, -0.05) is 85.6 Å². The summed E-state index contributed by atoms with van der Waals surface area (Å²) in [5, 5.41) is 0. The molecule has 7 heteroatoms. The Kier molecular flexibility index (Phi) is 6.18. The topological polar surface area (TPSA) is 26.3 Å². The molecule has 2 nitrogen and oxygen atoms in total. The third-order valence-corrected chi connectivity index (χ3v) is 6.83. The van der Waals surface area contributed by atoms with Crippen LogP contribution in [-0.2, 0) is 16.1 Å². The highest BCUT2D eigenvalue weighted by atomic mass is 35.5.